The van der Waals surface area contributed by atoms with Crippen LogP contribution in [0.1, 0.15) is 49.5 Å². The van der Waals surface area contributed by atoms with Crippen molar-refractivity contribution in [1.82, 2.24) is 15.0 Å². The average Bonchev–Trinajstić information content (AvgIpc) is 1.54. The number of thiophene rings is 3. The molecule has 20 aromatic rings. The van der Waals surface area contributed by atoms with Gasteiger partial charge in [0.05, 0.1) is 26.2 Å². The summed E-state index contributed by atoms with van der Waals surface area (Å²) in [5, 5.41) is 9.25. The van der Waals surface area contributed by atoms with Gasteiger partial charge in [-0.2, -0.15) is 22.7 Å². The van der Waals surface area contributed by atoms with Gasteiger partial charge < -0.3 is 17.6 Å². The smallest absolute Gasteiger partial charge is 0.327 e. The second kappa shape index (κ2) is 40.4. The van der Waals surface area contributed by atoms with E-state index in [0.29, 0.717) is 0 Å². The SMILES string of the molecule is C[N+]1(C)CC(c2ccccc2)=C(c2ccc(-c3ccccc3)cc2)[B-]1(c1ccc(-c2ccccc2)cc1)c1ccc(-c2ccccc2)cc1.C[N+]1(C)CC(c2ccccc2)=C(c2ccccn2)[B-]1(c1ccccn1)c1ccccn1.C[N+]1(C)CC(c2ccccc2)=C(c2cccs2)[B-]1(c1cccs1)c1cccs1.Cc1ccc([B-]2(c3ccccc3)C(c3ccc4ccccc4c3)=C(c3ccccc3)C[N+]2(C)C)cc1. The van der Waals surface area contributed by atoms with Crippen molar-refractivity contribution in [3.05, 3.63) is 557 Å². The maximum absolute atomic E-state index is 4.92. The van der Waals surface area contributed by atoms with Crippen LogP contribution in [0.4, 0.5) is 0 Å². The molecule has 0 saturated carbocycles. The zero-order valence-corrected chi connectivity index (χ0v) is 85.9. The first kappa shape index (κ1) is 95.2. The number of hydrogen-bond acceptors (Lipinski definition) is 6. The van der Waals surface area contributed by atoms with E-state index in [1.807, 2.05) is 70.8 Å². The Morgan fingerprint density at radius 3 is 0.889 bits per heavy atom. The van der Waals surface area contributed by atoms with E-state index >= 15 is 0 Å². The summed E-state index contributed by atoms with van der Waals surface area (Å²) in [7, 11) is 19.1. The van der Waals surface area contributed by atoms with Gasteiger partial charge in [0.15, 0.2) is 0 Å². The predicted molar refractivity (Wildman–Crippen MR) is 624 cm³/mol. The van der Waals surface area contributed by atoms with E-state index in [9.17, 15) is 0 Å². The molecule has 4 aliphatic heterocycles. The Bertz CT molecular complexity index is 7790. The Morgan fingerprint density at radius 1 is 0.208 bits per heavy atom. The fourth-order valence-corrected chi connectivity index (χ4v) is 29.2. The van der Waals surface area contributed by atoms with Crippen LogP contribution in [0.5, 0.6) is 0 Å². The summed E-state index contributed by atoms with van der Waals surface area (Å²) in [6.45, 7) is 5.96. The van der Waals surface area contributed by atoms with Gasteiger partial charge in [0.2, 0.25) is 0 Å². The van der Waals surface area contributed by atoms with E-state index in [1.165, 1.54) is 164 Å². The molecule has 1 unspecified atom stereocenters. The highest BCUT2D eigenvalue weighted by atomic mass is 32.1. The van der Waals surface area contributed by atoms with Gasteiger partial charge in [0.25, 0.3) is 12.6 Å². The summed E-state index contributed by atoms with van der Waals surface area (Å²) in [5.74, 6) is 0. The lowest BCUT2D eigenvalue weighted by molar-refractivity contribution is -0.775. The quantitative estimate of drug-likeness (QED) is 0.0758. The molecule has 1 atom stereocenters. The first-order valence-corrected chi connectivity index (χ1v) is 53.0. The Morgan fingerprint density at radius 2 is 0.507 bits per heavy atom. The van der Waals surface area contributed by atoms with Crippen molar-refractivity contribution in [3.8, 4) is 33.4 Å². The molecule has 0 aliphatic carbocycles. The fraction of sp³-hybridized carbons (Fsp3) is 0.100. The molecule has 0 amide bonds. The lowest BCUT2D eigenvalue weighted by Gasteiger charge is -2.54. The number of hydrogen-bond donors (Lipinski definition) is 0. The van der Waals surface area contributed by atoms with Crippen LogP contribution >= 0.6 is 34.0 Å². The Kier molecular flexibility index (Phi) is 26.7. The molecule has 7 nitrogen and oxygen atoms in total. The fourth-order valence-electron chi connectivity index (χ4n) is 25.8. The highest BCUT2D eigenvalue weighted by Crippen LogP contribution is 2.52. The summed E-state index contributed by atoms with van der Waals surface area (Å²) >= 11 is 5.69. The van der Waals surface area contributed by atoms with Crippen molar-refractivity contribution in [2.45, 2.75) is 6.92 Å². The van der Waals surface area contributed by atoms with E-state index < -0.39 is 25.1 Å². The highest BCUT2D eigenvalue weighted by Gasteiger charge is 2.59. The van der Waals surface area contributed by atoms with Gasteiger partial charge in [-0.25, -0.2) is 0 Å². The van der Waals surface area contributed by atoms with Crippen LogP contribution in [0.2, 0.25) is 0 Å². The van der Waals surface area contributed by atoms with Crippen molar-refractivity contribution in [2.75, 3.05) is 82.6 Å². The summed E-state index contributed by atoms with van der Waals surface area (Å²) in [6.07, 6.45) is 0.172. The Hall–Kier alpha value is -15.1. The number of rotatable bonds is 19. The van der Waals surface area contributed by atoms with Crippen LogP contribution in [0.3, 0.4) is 0 Å². The minimum absolute atomic E-state index is 0.726. The van der Waals surface area contributed by atoms with Gasteiger partial charge in [-0.3, -0.25) is 15.0 Å². The lowest BCUT2D eigenvalue weighted by atomic mass is 9.21. The summed E-state index contributed by atoms with van der Waals surface area (Å²) in [4.78, 5) is 16.1. The molecule has 0 fully saturated rings. The number of aromatic nitrogens is 3. The number of benzene rings is 14. The third-order valence-electron chi connectivity index (χ3n) is 32.0. The number of likely N-dealkylation sites (N-methyl/N-ethyl adjacent to an activating group) is 4. The van der Waals surface area contributed by atoms with E-state index in [4.69, 9.17) is 15.0 Å². The van der Waals surface area contributed by atoms with Gasteiger partial charge in [-0.15, -0.1) is 49.6 Å². The normalized spacial score (nSPS) is 17.0. The molecule has 0 spiro atoms. The van der Waals surface area contributed by atoms with Crippen LogP contribution in [-0.4, -0.2) is 140 Å². The standard InChI is InChI=1S/C47H40BN.C34H32BN.C26H25BN4.C23H22BNS3/c1-49(2)35-46(42-21-13-6-14-22-42)47(43-25-23-39(24-26-43)36-15-7-3-8-16-36)48(49,44-31-27-40(28-32-44)37-17-9-4-10-18-37)45-33-29-41(30-34-45)38-19-11-5-12-20-38;1-26-18-22-32(23-19-26)35(31-16-8-5-9-17-31)34(30-21-20-27-12-10-11-15-29(27)24-30)33(25-36(35,2)3)28-13-6-4-7-14-28;1-31(2)20-22(21-12-4-3-5-13-21)26(23-14-6-9-17-28-23)27(31,24-15-7-10-18-29-24)25-16-8-11-19-30-25;1-25(2)17-19(18-9-4-3-5-10-18)23(20-11-6-14-26-20)24(25,21-12-7-15-27-21)22-13-8-16-28-22/h3-34H,35H2,1-2H3;4-24H,25H2,1-3H3;3-19H,20H2,1-2H3;3-16H,17H2,1-2H3. The minimum Gasteiger partial charge on any atom is -0.505 e. The molecule has 10 heterocycles. The molecular formula is C130H119B4N7S3. The van der Waals surface area contributed by atoms with Crippen molar-refractivity contribution < 1.29 is 17.6 Å². The van der Waals surface area contributed by atoms with Crippen LogP contribution in [0, 0.1) is 6.92 Å². The first-order valence-electron chi connectivity index (χ1n) is 50.4. The van der Waals surface area contributed by atoms with E-state index in [0.717, 1.165) is 60.6 Å². The molecule has 4 aliphatic rings. The second-order valence-corrected chi connectivity index (χ2v) is 44.5. The molecule has 24 rings (SSSR count). The molecule has 14 heteroatoms. The molecule has 0 bridgehead atoms. The van der Waals surface area contributed by atoms with Gasteiger partial charge in [0.1, 0.15) is 0 Å². The molecule has 0 saturated heterocycles. The largest absolute Gasteiger partial charge is 0.505 e. The van der Waals surface area contributed by atoms with E-state index in [2.05, 4.69) is 534 Å². The zero-order valence-electron chi connectivity index (χ0n) is 83.5. The van der Waals surface area contributed by atoms with Gasteiger partial charge in [0, 0.05) is 80.7 Å². The zero-order chi connectivity index (χ0) is 98.5. The monoisotopic (exact) mass is 1920 g/mol. The lowest BCUT2D eigenvalue weighted by Crippen LogP contribution is -2.76. The second-order valence-electron chi connectivity index (χ2n) is 41.6. The topological polar surface area (TPSA) is 38.7 Å². The molecule has 144 heavy (non-hydrogen) atoms. The summed E-state index contributed by atoms with van der Waals surface area (Å²) in [6, 6.07) is 172. The Balaban J connectivity index is 0.000000116. The number of pyridine rings is 3. The maximum Gasteiger partial charge on any atom is 0.327 e. The van der Waals surface area contributed by atoms with Crippen LogP contribution < -0.4 is 42.6 Å². The third kappa shape index (κ3) is 17.2. The van der Waals surface area contributed by atoms with Gasteiger partial charge in [-0.1, -0.05) is 468 Å². The Labute approximate surface area is 862 Å². The van der Waals surface area contributed by atoms with Crippen LogP contribution in [-0.2, 0) is 0 Å². The molecule has 704 valence electrons. The third-order valence-corrected chi connectivity index (χ3v) is 35.0. The van der Waals surface area contributed by atoms with E-state index in [-0.39, 0.29) is 0 Å². The molecule has 14 aromatic carbocycles. The predicted octanol–water partition coefficient (Wildman–Crippen LogP) is 24.8. The van der Waals surface area contributed by atoms with E-state index in [1.54, 1.807) is 0 Å². The summed E-state index contributed by atoms with van der Waals surface area (Å²) in [5.41, 5.74) is 36.4. The number of nitrogens with zero attached hydrogens (tertiary/aromatic N) is 7. The first-order chi connectivity index (χ1) is 70.3. The number of fused-ring (bicyclic) bond motifs is 1. The molecule has 0 N–H and O–H groups in total. The van der Waals surface area contributed by atoms with Crippen molar-refractivity contribution >= 4 is 157 Å². The molecule has 0 radical (unpaired) electrons. The number of aryl methyl sites for hydroxylation is 1. The van der Waals surface area contributed by atoms with Gasteiger partial charge >= 0.3 is 12.6 Å². The van der Waals surface area contributed by atoms with Gasteiger partial charge in [-0.05, 0) is 164 Å². The summed E-state index contributed by atoms with van der Waals surface area (Å²) < 4.78 is 6.35. The van der Waals surface area contributed by atoms with Crippen molar-refractivity contribution in [2.24, 2.45) is 0 Å². The van der Waals surface area contributed by atoms with Crippen molar-refractivity contribution in [1.29, 1.82) is 0 Å². The van der Waals surface area contributed by atoms with Crippen LogP contribution in [0.15, 0.2) is 508 Å². The molecule has 6 aromatic heterocycles. The highest BCUT2D eigenvalue weighted by molar-refractivity contribution is 7.40. The van der Waals surface area contributed by atoms with Crippen molar-refractivity contribution in [3.63, 3.8) is 0 Å². The molecular weight excluding hydrogens is 1800 g/mol. The average molecular weight is 1920 g/mol. The van der Waals surface area contributed by atoms with Crippen LogP contribution in [0.25, 0.3) is 88.3 Å². The number of quaternary nitrogens is 4. The minimum atomic E-state index is -1.54. The maximum atomic E-state index is 4.92.